The van der Waals surface area contributed by atoms with Gasteiger partial charge in [0.2, 0.25) is 0 Å². The average molecular weight is 315 g/mol. The summed E-state index contributed by atoms with van der Waals surface area (Å²) in [6, 6.07) is 5.10. The highest BCUT2D eigenvalue weighted by molar-refractivity contribution is 5.80. The van der Waals surface area contributed by atoms with E-state index in [0.29, 0.717) is 12.5 Å². The predicted octanol–water partition coefficient (Wildman–Crippen LogP) is 2.76. The van der Waals surface area contributed by atoms with Crippen molar-refractivity contribution in [3.8, 4) is 11.5 Å². The molecule has 1 rings (SSSR count). The van der Waals surface area contributed by atoms with Gasteiger partial charge < -0.3 is 20.1 Å². The second kappa shape index (κ2) is 9.07. The molecule has 0 amide bonds. The molecular weight excluding hydrogens is 292 g/mol. The first kappa shape index (κ1) is 18.0. The molecule has 0 spiro atoms. The van der Waals surface area contributed by atoms with Crippen LogP contribution in [0.2, 0.25) is 0 Å². The summed E-state index contributed by atoms with van der Waals surface area (Å²) >= 11 is 0. The summed E-state index contributed by atoms with van der Waals surface area (Å²) in [6.45, 7) is 4.17. The van der Waals surface area contributed by atoms with Gasteiger partial charge in [-0.15, -0.1) is 0 Å². The van der Waals surface area contributed by atoms with E-state index < -0.39 is 6.61 Å². The van der Waals surface area contributed by atoms with E-state index in [1.165, 1.54) is 13.2 Å². The van der Waals surface area contributed by atoms with E-state index in [-0.39, 0.29) is 17.5 Å². The minimum Gasteiger partial charge on any atom is -0.493 e. The van der Waals surface area contributed by atoms with Crippen LogP contribution in [-0.2, 0) is 6.54 Å². The van der Waals surface area contributed by atoms with Crippen LogP contribution in [-0.4, -0.2) is 32.3 Å². The van der Waals surface area contributed by atoms with E-state index in [4.69, 9.17) is 4.74 Å². The van der Waals surface area contributed by atoms with Crippen LogP contribution in [0.4, 0.5) is 8.78 Å². The number of rotatable bonds is 7. The number of methoxy groups -OCH3 is 1. The van der Waals surface area contributed by atoms with Crippen molar-refractivity contribution in [2.24, 2.45) is 4.99 Å². The number of hydrogen-bond donors (Lipinski definition) is 2. The van der Waals surface area contributed by atoms with Crippen LogP contribution < -0.4 is 20.1 Å². The van der Waals surface area contributed by atoms with Gasteiger partial charge in [0.15, 0.2) is 17.5 Å². The van der Waals surface area contributed by atoms with Gasteiger partial charge in [-0.1, -0.05) is 6.07 Å². The Morgan fingerprint density at radius 2 is 2.00 bits per heavy atom. The maximum absolute atomic E-state index is 12.4. The summed E-state index contributed by atoms with van der Waals surface area (Å²) in [5.41, 5.74) is 0.748. The first-order valence-electron chi connectivity index (χ1n) is 7.12. The molecule has 0 fully saturated rings. The molecule has 124 valence electrons. The molecule has 1 aromatic carbocycles. The van der Waals surface area contributed by atoms with E-state index in [0.717, 1.165) is 12.1 Å². The van der Waals surface area contributed by atoms with Crippen LogP contribution in [0.3, 0.4) is 0 Å². The van der Waals surface area contributed by atoms with Crippen LogP contribution in [0.25, 0.3) is 0 Å². The van der Waals surface area contributed by atoms with Crippen molar-refractivity contribution in [1.82, 2.24) is 10.6 Å². The molecule has 1 aromatic rings. The Morgan fingerprint density at radius 3 is 2.55 bits per heavy atom. The number of guanidine groups is 1. The molecule has 0 aromatic heterocycles. The maximum Gasteiger partial charge on any atom is 0.387 e. The molecule has 0 atom stereocenters. The van der Waals surface area contributed by atoms with Gasteiger partial charge in [-0.2, -0.15) is 8.78 Å². The lowest BCUT2D eigenvalue weighted by Crippen LogP contribution is -2.40. The van der Waals surface area contributed by atoms with Gasteiger partial charge in [0.1, 0.15) is 0 Å². The topological polar surface area (TPSA) is 54.9 Å². The number of halogens is 2. The van der Waals surface area contributed by atoms with Crippen molar-refractivity contribution in [3.63, 3.8) is 0 Å². The first-order valence-corrected chi connectivity index (χ1v) is 7.12. The SMILES string of the molecule is CCNC(=NCc1ccc(OC)c(OC(F)F)c1)NC(C)C. The molecule has 22 heavy (non-hydrogen) atoms. The predicted molar refractivity (Wildman–Crippen MR) is 82.7 cm³/mol. The number of aliphatic imine (C=N–C) groups is 1. The van der Waals surface area contributed by atoms with Gasteiger partial charge in [-0.3, -0.25) is 0 Å². The first-order chi connectivity index (χ1) is 10.5. The van der Waals surface area contributed by atoms with Crippen LogP contribution in [0.15, 0.2) is 23.2 Å². The second-order valence-electron chi connectivity index (χ2n) is 4.86. The third kappa shape index (κ3) is 6.15. The minimum absolute atomic E-state index is 0.00650. The summed E-state index contributed by atoms with van der Waals surface area (Å²) in [5, 5.41) is 6.30. The molecule has 0 aliphatic carbocycles. The Balaban J connectivity index is 2.87. The summed E-state index contributed by atoms with van der Waals surface area (Å²) < 4.78 is 34.3. The van der Waals surface area contributed by atoms with Crippen molar-refractivity contribution in [3.05, 3.63) is 23.8 Å². The summed E-state index contributed by atoms with van der Waals surface area (Å²) in [5.74, 6) is 0.942. The zero-order valence-electron chi connectivity index (χ0n) is 13.3. The number of hydrogen-bond acceptors (Lipinski definition) is 3. The number of benzene rings is 1. The highest BCUT2D eigenvalue weighted by Gasteiger charge is 2.11. The van der Waals surface area contributed by atoms with Crippen LogP contribution >= 0.6 is 0 Å². The molecule has 0 aliphatic rings. The third-order valence-corrected chi connectivity index (χ3v) is 2.63. The Kier molecular flexibility index (Phi) is 7.42. The lowest BCUT2D eigenvalue weighted by atomic mass is 10.2. The normalized spacial score (nSPS) is 11.7. The number of alkyl halides is 2. The zero-order chi connectivity index (χ0) is 16.5. The Bertz CT molecular complexity index is 494. The highest BCUT2D eigenvalue weighted by atomic mass is 19.3. The molecule has 5 nitrogen and oxygen atoms in total. The van der Waals surface area contributed by atoms with Gasteiger partial charge in [0, 0.05) is 12.6 Å². The monoisotopic (exact) mass is 315 g/mol. The quantitative estimate of drug-likeness (QED) is 0.600. The fourth-order valence-electron chi connectivity index (χ4n) is 1.77. The van der Waals surface area contributed by atoms with Crippen molar-refractivity contribution >= 4 is 5.96 Å². The van der Waals surface area contributed by atoms with Gasteiger partial charge in [0.25, 0.3) is 0 Å². The Hall–Kier alpha value is -2.05. The Labute approximate surface area is 129 Å². The molecule has 2 N–H and O–H groups in total. The van der Waals surface area contributed by atoms with E-state index >= 15 is 0 Å². The molecule has 0 bridgehead atoms. The summed E-state index contributed by atoms with van der Waals surface area (Å²) in [7, 11) is 1.40. The molecule has 0 heterocycles. The number of nitrogens with one attached hydrogen (secondary N) is 2. The van der Waals surface area contributed by atoms with Crippen LogP contribution in [0, 0.1) is 0 Å². The largest absolute Gasteiger partial charge is 0.493 e. The van der Waals surface area contributed by atoms with Crippen molar-refractivity contribution < 1.29 is 18.3 Å². The number of ether oxygens (including phenoxy) is 2. The van der Waals surface area contributed by atoms with Gasteiger partial charge in [-0.05, 0) is 38.5 Å². The lowest BCUT2D eigenvalue weighted by molar-refractivity contribution is -0.0512. The average Bonchev–Trinajstić information content (AvgIpc) is 2.44. The van der Waals surface area contributed by atoms with Crippen LogP contribution in [0.1, 0.15) is 26.3 Å². The van der Waals surface area contributed by atoms with E-state index in [1.807, 2.05) is 20.8 Å². The summed E-state index contributed by atoms with van der Waals surface area (Å²) in [6.07, 6.45) is 0. The van der Waals surface area contributed by atoms with Gasteiger partial charge >= 0.3 is 6.61 Å². The van der Waals surface area contributed by atoms with E-state index in [1.54, 1.807) is 12.1 Å². The molecule has 0 saturated heterocycles. The lowest BCUT2D eigenvalue weighted by Gasteiger charge is -2.14. The molecule has 0 radical (unpaired) electrons. The third-order valence-electron chi connectivity index (χ3n) is 2.63. The van der Waals surface area contributed by atoms with Crippen LogP contribution in [0.5, 0.6) is 11.5 Å². The van der Waals surface area contributed by atoms with E-state index in [9.17, 15) is 8.78 Å². The molecule has 0 saturated carbocycles. The zero-order valence-corrected chi connectivity index (χ0v) is 13.3. The standard InChI is InChI=1S/C15H23F2N3O2/c1-5-18-15(20-10(2)3)19-9-11-6-7-12(21-4)13(8-11)22-14(16)17/h6-8,10,14H,5,9H2,1-4H3,(H2,18,19,20). The molecular formula is C15H23F2N3O2. The van der Waals surface area contributed by atoms with Gasteiger partial charge in [0.05, 0.1) is 13.7 Å². The molecule has 7 heteroatoms. The Morgan fingerprint density at radius 1 is 1.27 bits per heavy atom. The maximum atomic E-state index is 12.4. The molecule has 0 aliphatic heterocycles. The molecule has 0 unspecified atom stereocenters. The smallest absolute Gasteiger partial charge is 0.387 e. The van der Waals surface area contributed by atoms with E-state index in [2.05, 4.69) is 20.4 Å². The minimum atomic E-state index is -2.90. The van der Waals surface area contributed by atoms with Gasteiger partial charge in [-0.25, -0.2) is 4.99 Å². The number of nitrogens with zero attached hydrogens (tertiary/aromatic N) is 1. The van der Waals surface area contributed by atoms with Crippen molar-refractivity contribution in [2.75, 3.05) is 13.7 Å². The fourth-order valence-corrected chi connectivity index (χ4v) is 1.77. The van der Waals surface area contributed by atoms with Crippen molar-refractivity contribution in [2.45, 2.75) is 40.0 Å². The fraction of sp³-hybridized carbons (Fsp3) is 0.533. The summed E-state index contributed by atoms with van der Waals surface area (Å²) in [4.78, 5) is 4.41. The van der Waals surface area contributed by atoms with Crippen molar-refractivity contribution in [1.29, 1.82) is 0 Å². The highest BCUT2D eigenvalue weighted by Crippen LogP contribution is 2.29. The second-order valence-corrected chi connectivity index (χ2v) is 4.86.